The minimum absolute atomic E-state index is 0.761. The number of rotatable bonds is 4. The average Bonchev–Trinajstić information content (AvgIpc) is 2.85. The van der Waals surface area contributed by atoms with E-state index in [4.69, 9.17) is 0 Å². The molecule has 102 valence electrons. The van der Waals surface area contributed by atoms with Gasteiger partial charge in [-0.15, -0.1) is 0 Å². The molecule has 0 aliphatic heterocycles. The summed E-state index contributed by atoms with van der Waals surface area (Å²) in [5.41, 5.74) is 2.74. The van der Waals surface area contributed by atoms with Gasteiger partial charge in [-0.25, -0.2) is 0 Å². The summed E-state index contributed by atoms with van der Waals surface area (Å²) < 4.78 is 2.37. The van der Waals surface area contributed by atoms with Crippen molar-refractivity contribution in [1.82, 2.24) is 9.88 Å². The van der Waals surface area contributed by atoms with E-state index in [1.54, 1.807) is 0 Å². The Hall–Kier alpha value is -1.28. The molecule has 3 rings (SSSR count). The van der Waals surface area contributed by atoms with Gasteiger partial charge in [0.15, 0.2) is 0 Å². The molecule has 0 amide bonds. The molecule has 0 unspecified atom stereocenters. The van der Waals surface area contributed by atoms with Crippen LogP contribution < -0.4 is 5.32 Å². The first-order valence-electron chi connectivity index (χ1n) is 7.62. The number of aromatic nitrogens is 1. The zero-order chi connectivity index (χ0) is 13.1. The summed E-state index contributed by atoms with van der Waals surface area (Å²) >= 11 is 0. The molecule has 1 N–H and O–H groups in total. The van der Waals surface area contributed by atoms with Crippen LogP contribution in [-0.4, -0.2) is 17.2 Å². The molecule has 2 aromatic rings. The molecule has 1 fully saturated rings. The van der Waals surface area contributed by atoms with E-state index in [0.717, 1.165) is 19.1 Å². The Balaban J connectivity index is 1.60. The molecule has 2 nitrogen and oxygen atoms in total. The fourth-order valence-electron chi connectivity index (χ4n) is 3.27. The highest BCUT2D eigenvalue weighted by Crippen LogP contribution is 2.20. The second-order valence-electron chi connectivity index (χ2n) is 5.81. The maximum atomic E-state index is 3.72. The SMILES string of the molecule is Cc1cccc2c1ccn2CCNC1CCCCC1. The standard InChI is InChI=1S/C17H24N2/c1-14-6-5-9-17-16(14)10-12-19(17)13-11-18-15-7-3-2-4-8-15/h5-6,9-10,12,15,18H,2-4,7-8,11,13H2,1H3. The smallest absolute Gasteiger partial charge is 0.0483 e. The summed E-state index contributed by atoms with van der Waals surface area (Å²) in [5.74, 6) is 0. The van der Waals surface area contributed by atoms with Gasteiger partial charge in [0.25, 0.3) is 0 Å². The van der Waals surface area contributed by atoms with Crippen molar-refractivity contribution in [3.8, 4) is 0 Å². The molecule has 1 heterocycles. The molecule has 19 heavy (non-hydrogen) atoms. The van der Waals surface area contributed by atoms with E-state index in [-0.39, 0.29) is 0 Å². The average molecular weight is 256 g/mol. The van der Waals surface area contributed by atoms with Crippen LogP contribution in [0.4, 0.5) is 0 Å². The van der Waals surface area contributed by atoms with Crippen LogP contribution in [0, 0.1) is 6.92 Å². The molecule has 1 saturated carbocycles. The lowest BCUT2D eigenvalue weighted by Gasteiger charge is -2.23. The molecule has 0 saturated heterocycles. The summed E-state index contributed by atoms with van der Waals surface area (Å²) in [6.45, 7) is 4.35. The monoisotopic (exact) mass is 256 g/mol. The first-order chi connectivity index (χ1) is 9.34. The van der Waals surface area contributed by atoms with E-state index in [2.05, 4.69) is 47.3 Å². The normalized spacial score (nSPS) is 17.1. The number of nitrogens with zero attached hydrogens (tertiary/aromatic N) is 1. The van der Waals surface area contributed by atoms with Gasteiger partial charge in [-0.05, 0) is 37.5 Å². The van der Waals surface area contributed by atoms with Crippen molar-refractivity contribution in [1.29, 1.82) is 0 Å². The predicted octanol–water partition coefficient (Wildman–Crippen LogP) is 3.87. The van der Waals surface area contributed by atoms with Crippen LogP contribution in [0.1, 0.15) is 37.7 Å². The second kappa shape index (κ2) is 5.79. The molecule has 0 atom stereocenters. The van der Waals surface area contributed by atoms with Crippen LogP contribution in [-0.2, 0) is 6.54 Å². The number of benzene rings is 1. The third-order valence-corrected chi connectivity index (χ3v) is 4.42. The van der Waals surface area contributed by atoms with Gasteiger partial charge < -0.3 is 9.88 Å². The van der Waals surface area contributed by atoms with Gasteiger partial charge in [-0.2, -0.15) is 0 Å². The number of hydrogen-bond donors (Lipinski definition) is 1. The Kier molecular flexibility index (Phi) is 3.88. The molecule has 1 aromatic carbocycles. The summed E-state index contributed by atoms with van der Waals surface area (Å²) in [5, 5.41) is 5.11. The highest BCUT2D eigenvalue weighted by molar-refractivity contribution is 5.83. The molecule has 0 spiro atoms. The van der Waals surface area contributed by atoms with Crippen LogP contribution in [0.2, 0.25) is 0 Å². The fourth-order valence-corrected chi connectivity index (χ4v) is 3.27. The van der Waals surface area contributed by atoms with Crippen molar-refractivity contribution in [3.63, 3.8) is 0 Å². The first-order valence-corrected chi connectivity index (χ1v) is 7.62. The predicted molar refractivity (Wildman–Crippen MR) is 81.6 cm³/mol. The third kappa shape index (κ3) is 2.84. The molecule has 1 aromatic heterocycles. The summed E-state index contributed by atoms with van der Waals surface area (Å²) in [7, 11) is 0. The molecule has 0 radical (unpaired) electrons. The lowest BCUT2D eigenvalue weighted by molar-refractivity contribution is 0.369. The Morgan fingerprint density at radius 2 is 2.00 bits per heavy atom. The van der Waals surface area contributed by atoms with Crippen LogP contribution in [0.5, 0.6) is 0 Å². The molecule has 1 aliphatic rings. The zero-order valence-electron chi connectivity index (χ0n) is 11.9. The zero-order valence-corrected chi connectivity index (χ0v) is 11.9. The molecule has 0 bridgehead atoms. The van der Waals surface area contributed by atoms with Gasteiger partial charge in [0.2, 0.25) is 0 Å². The Morgan fingerprint density at radius 3 is 2.84 bits per heavy atom. The number of aryl methyl sites for hydroxylation is 1. The lowest BCUT2D eigenvalue weighted by atomic mass is 9.95. The van der Waals surface area contributed by atoms with Gasteiger partial charge in [0.1, 0.15) is 0 Å². The van der Waals surface area contributed by atoms with Crippen molar-refractivity contribution < 1.29 is 0 Å². The number of nitrogens with one attached hydrogen (secondary N) is 1. The summed E-state index contributed by atoms with van der Waals surface area (Å²) in [6, 6.07) is 9.57. The molecule has 1 aliphatic carbocycles. The number of fused-ring (bicyclic) bond motifs is 1. The van der Waals surface area contributed by atoms with E-state index in [0.29, 0.717) is 0 Å². The highest BCUT2D eigenvalue weighted by atomic mass is 15.0. The van der Waals surface area contributed by atoms with Gasteiger partial charge in [0.05, 0.1) is 0 Å². The second-order valence-corrected chi connectivity index (χ2v) is 5.81. The van der Waals surface area contributed by atoms with Gasteiger partial charge in [-0.1, -0.05) is 31.4 Å². The fraction of sp³-hybridized carbons (Fsp3) is 0.529. The van der Waals surface area contributed by atoms with E-state index >= 15 is 0 Å². The van der Waals surface area contributed by atoms with Crippen LogP contribution in [0.3, 0.4) is 0 Å². The van der Waals surface area contributed by atoms with E-state index in [1.807, 2.05) is 0 Å². The van der Waals surface area contributed by atoms with Crippen LogP contribution >= 0.6 is 0 Å². The minimum Gasteiger partial charge on any atom is -0.346 e. The van der Waals surface area contributed by atoms with E-state index in [9.17, 15) is 0 Å². The van der Waals surface area contributed by atoms with E-state index in [1.165, 1.54) is 48.6 Å². The molecular weight excluding hydrogens is 232 g/mol. The highest BCUT2D eigenvalue weighted by Gasteiger charge is 2.12. The Morgan fingerprint density at radius 1 is 1.16 bits per heavy atom. The van der Waals surface area contributed by atoms with Crippen LogP contribution in [0.25, 0.3) is 10.9 Å². The Bertz CT molecular complexity index is 535. The van der Waals surface area contributed by atoms with Gasteiger partial charge in [-0.3, -0.25) is 0 Å². The Labute approximate surface area is 115 Å². The van der Waals surface area contributed by atoms with Crippen LogP contribution in [0.15, 0.2) is 30.5 Å². The molecule has 2 heteroatoms. The van der Waals surface area contributed by atoms with Crippen molar-refractivity contribution in [2.24, 2.45) is 0 Å². The molecular formula is C17H24N2. The quantitative estimate of drug-likeness (QED) is 0.878. The summed E-state index contributed by atoms with van der Waals surface area (Å²) in [4.78, 5) is 0. The van der Waals surface area contributed by atoms with Crippen molar-refractivity contribution in [2.45, 2.75) is 51.6 Å². The largest absolute Gasteiger partial charge is 0.346 e. The van der Waals surface area contributed by atoms with Gasteiger partial charge in [0, 0.05) is 36.2 Å². The maximum Gasteiger partial charge on any atom is 0.0483 e. The lowest BCUT2D eigenvalue weighted by Crippen LogP contribution is -2.33. The third-order valence-electron chi connectivity index (χ3n) is 4.42. The van der Waals surface area contributed by atoms with Crippen molar-refractivity contribution in [2.75, 3.05) is 6.54 Å². The minimum atomic E-state index is 0.761. The first kappa shape index (κ1) is 12.7. The van der Waals surface area contributed by atoms with E-state index < -0.39 is 0 Å². The van der Waals surface area contributed by atoms with Crippen molar-refractivity contribution >= 4 is 10.9 Å². The van der Waals surface area contributed by atoms with Crippen molar-refractivity contribution in [3.05, 3.63) is 36.0 Å². The van der Waals surface area contributed by atoms with Gasteiger partial charge >= 0.3 is 0 Å². The maximum absolute atomic E-state index is 3.72. The summed E-state index contributed by atoms with van der Waals surface area (Å²) in [6.07, 6.45) is 9.20. The topological polar surface area (TPSA) is 17.0 Å². The number of hydrogen-bond acceptors (Lipinski definition) is 1.